The Balaban J connectivity index is 1.82. The zero-order chi connectivity index (χ0) is 20.0. The zero-order valence-electron chi connectivity index (χ0n) is 15.7. The molecule has 4 heterocycles. The molecule has 0 saturated carbocycles. The van der Waals surface area contributed by atoms with E-state index in [1.807, 2.05) is 31.4 Å². The number of pyridine rings is 2. The van der Waals surface area contributed by atoms with Crippen molar-refractivity contribution in [3.8, 4) is 0 Å². The van der Waals surface area contributed by atoms with Crippen molar-refractivity contribution >= 4 is 44.8 Å². The maximum atomic E-state index is 12.8. The first-order chi connectivity index (χ1) is 13.4. The van der Waals surface area contributed by atoms with Gasteiger partial charge in [-0.3, -0.25) is 14.6 Å². The fourth-order valence-electron chi connectivity index (χ4n) is 3.54. The van der Waals surface area contributed by atoms with Crippen LogP contribution >= 0.6 is 22.9 Å². The van der Waals surface area contributed by atoms with E-state index in [0.29, 0.717) is 29.1 Å². The number of hydrogen-bond acceptors (Lipinski definition) is 5. The van der Waals surface area contributed by atoms with Gasteiger partial charge in [0.25, 0.3) is 5.56 Å². The molecule has 8 heteroatoms. The van der Waals surface area contributed by atoms with Crippen LogP contribution in [0.3, 0.4) is 0 Å². The Morgan fingerprint density at radius 3 is 2.93 bits per heavy atom. The third kappa shape index (κ3) is 3.04. The topological polar surface area (TPSA) is 78.4 Å². The summed E-state index contributed by atoms with van der Waals surface area (Å²) in [6, 6.07) is 3.48. The van der Waals surface area contributed by atoms with Crippen molar-refractivity contribution in [1.82, 2.24) is 15.0 Å². The van der Waals surface area contributed by atoms with Gasteiger partial charge in [0.1, 0.15) is 4.83 Å². The van der Waals surface area contributed by atoms with Gasteiger partial charge in [-0.1, -0.05) is 18.5 Å². The number of thiophene rings is 1. The standard InChI is InChI=1S/C20H19ClN4O2S/c1-4-17(26)25-16(12-7-14(21)11(3)22-9-12)8-15(24-25)18-10(2)13-5-6-28-20(13)23-19(18)27/h5-7,9,16H,4,8H2,1-3H3,(H,23,27). The molecule has 4 rings (SSSR count). The number of aryl methyl sites for hydroxylation is 2. The summed E-state index contributed by atoms with van der Waals surface area (Å²) in [5.41, 5.74) is 3.37. The van der Waals surface area contributed by atoms with Gasteiger partial charge >= 0.3 is 0 Å². The molecule has 28 heavy (non-hydrogen) atoms. The molecule has 0 aromatic carbocycles. The SMILES string of the molecule is CCC(=O)N1N=C(c2c(C)c3ccsc3[nH]c2=O)CC1c1cnc(C)c(Cl)c1. The third-order valence-corrected chi connectivity index (χ3v) is 6.30. The molecule has 1 aliphatic rings. The molecule has 0 radical (unpaired) electrons. The molecule has 0 spiro atoms. The first-order valence-corrected chi connectivity index (χ1v) is 10.3. The van der Waals surface area contributed by atoms with Crippen LogP contribution in [0.4, 0.5) is 0 Å². The molecule has 3 aromatic heterocycles. The molecule has 1 atom stereocenters. The first-order valence-electron chi connectivity index (χ1n) is 9.02. The molecule has 0 aliphatic carbocycles. The van der Waals surface area contributed by atoms with Crippen LogP contribution in [0.5, 0.6) is 0 Å². The number of carbonyl (C=O) groups excluding carboxylic acids is 1. The van der Waals surface area contributed by atoms with E-state index in [1.165, 1.54) is 16.3 Å². The second-order valence-electron chi connectivity index (χ2n) is 6.81. The number of halogens is 1. The van der Waals surface area contributed by atoms with E-state index in [4.69, 9.17) is 11.6 Å². The van der Waals surface area contributed by atoms with Gasteiger partial charge in [0.05, 0.1) is 28.0 Å². The van der Waals surface area contributed by atoms with E-state index in [0.717, 1.165) is 27.0 Å². The van der Waals surface area contributed by atoms with Crippen molar-refractivity contribution in [2.75, 3.05) is 0 Å². The van der Waals surface area contributed by atoms with Gasteiger partial charge in [-0.05, 0) is 42.5 Å². The number of hydrazone groups is 1. The van der Waals surface area contributed by atoms with E-state index in [1.54, 1.807) is 13.1 Å². The van der Waals surface area contributed by atoms with Crippen LogP contribution in [0.15, 0.2) is 33.6 Å². The van der Waals surface area contributed by atoms with Crippen molar-refractivity contribution in [3.05, 3.63) is 61.5 Å². The number of aromatic nitrogens is 2. The molecule has 144 valence electrons. The highest BCUT2D eigenvalue weighted by Gasteiger charge is 2.34. The Kier molecular flexibility index (Phi) is 4.81. The average Bonchev–Trinajstić information content (AvgIpc) is 3.30. The number of aromatic amines is 1. The normalized spacial score (nSPS) is 16.6. The second-order valence-corrected chi connectivity index (χ2v) is 8.14. The number of nitrogens with zero attached hydrogens (tertiary/aromatic N) is 3. The second kappa shape index (κ2) is 7.14. The van der Waals surface area contributed by atoms with E-state index in [9.17, 15) is 9.59 Å². The minimum Gasteiger partial charge on any atom is -0.313 e. The minimum atomic E-state index is -0.329. The lowest BCUT2D eigenvalue weighted by atomic mass is 9.96. The van der Waals surface area contributed by atoms with Crippen molar-refractivity contribution in [2.45, 2.75) is 39.7 Å². The van der Waals surface area contributed by atoms with Crippen molar-refractivity contribution in [1.29, 1.82) is 0 Å². The summed E-state index contributed by atoms with van der Waals surface area (Å²) in [5, 5.41) is 9.52. The van der Waals surface area contributed by atoms with Crippen LogP contribution in [0, 0.1) is 13.8 Å². The van der Waals surface area contributed by atoms with Gasteiger partial charge < -0.3 is 4.98 Å². The molecule has 3 aromatic rings. The maximum Gasteiger partial charge on any atom is 0.258 e. The highest BCUT2D eigenvalue weighted by atomic mass is 35.5. The number of rotatable bonds is 3. The summed E-state index contributed by atoms with van der Waals surface area (Å²) in [6.45, 7) is 5.55. The maximum absolute atomic E-state index is 12.8. The quantitative estimate of drug-likeness (QED) is 0.692. The van der Waals surface area contributed by atoms with Crippen LogP contribution in [-0.2, 0) is 4.79 Å². The molecule has 1 unspecified atom stereocenters. The minimum absolute atomic E-state index is 0.109. The predicted molar refractivity (Wildman–Crippen MR) is 112 cm³/mol. The van der Waals surface area contributed by atoms with Gasteiger partial charge in [0, 0.05) is 24.4 Å². The monoisotopic (exact) mass is 414 g/mol. The first kappa shape index (κ1) is 18.8. The number of fused-ring (bicyclic) bond motifs is 1. The Morgan fingerprint density at radius 2 is 2.21 bits per heavy atom. The van der Waals surface area contributed by atoms with E-state index in [-0.39, 0.29) is 17.5 Å². The lowest BCUT2D eigenvalue weighted by Crippen LogP contribution is -2.26. The van der Waals surface area contributed by atoms with Crippen LogP contribution in [0.1, 0.15) is 48.2 Å². The van der Waals surface area contributed by atoms with Gasteiger partial charge in [-0.25, -0.2) is 5.01 Å². The Bertz CT molecular complexity index is 1180. The van der Waals surface area contributed by atoms with E-state index >= 15 is 0 Å². The number of carbonyl (C=O) groups is 1. The lowest BCUT2D eigenvalue weighted by Gasteiger charge is -2.21. The summed E-state index contributed by atoms with van der Waals surface area (Å²) < 4.78 is 0. The lowest BCUT2D eigenvalue weighted by molar-refractivity contribution is -0.132. The average molecular weight is 415 g/mol. The summed E-state index contributed by atoms with van der Waals surface area (Å²) in [4.78, 5) is 33.4. The summed E-state index contributed by atoms with van der Waals surface area (Å²) in [6.07, 6.45) is 2.48. The number of amides is 1. The van der Waals surface area contributed by atoms with Crippen LogP contribution in [-0.4, -0.2) is 26.6 Å². The van der Waals surface area contributed by atoms with Crippen molar-refractivity contribution < 1.29 is 4.79 Å². The third-order valence-electron chi connectivity index (χ3n) is 5.09. The molecular formula is C20H19ClN4O2S. The smallest absolute Gasteiger partial charge is 0.258 e. The molecule has 1 amide bonds. The van der Waals surface area contributed by atoms with E-state index in [2.05, 4.69) is 15.1 Å². The Hall–Kier alpha value is -2.51. The van der Waals surface area contributed by atoms with Crippen molar-refractivity contribution in [2.24, 2.45) is 5.10 Å². The molecule has 0 bridgehead atoms. The molecule has 0 fully saturated rings. The van der Waals surface area contributed by atoms with Crippen LogP contribution in [0.25, 0.3) is 10.2 Å². The summed E-state index contributed by atoms with van der Waals surface area (Å²) >= 11 is 7.75. The van der Waals surface area contributed by atoms with Crippen molar-refractivity contribution in [3.63, 3.8) is 0 Å². The zero-order valence-corrected chi connectivity index (χ0v) is 17.3. The molecule has 1 N–H and O–H groups in total. The van der Waals surface area contributed by atoms with Gasteiger partial charge in [0.2, 0.25) is 5.91 Å². The van der Waals surface area contributed by atoms with Gasteiger partial charge in [-0.15, -0.1) is 11.3 Å². The number of hydrogen-bond donors (Lipinski definition) is 1. The molecule has 0 saturated heterocycles. The van der Waals surface area contributed by atoms with Crippen LogP contribution in [0.2, 0.25) is 5.02 Å². The highest BCUT2D eigenvalue weighted by Crippen LogP contribution is 2.35. The summed E-state index contributed by atoms with van der Waals surface area (Å²) in [7, 11) is 0. The Labute approximate surface area is 170 Å². The van der Waals surface area contributed by atoms with Gasteiger partial charge in [-0.2, -0.15) is 5.10 Å². The summed E-state index contributed by atoms with van der Waals surface area (Å²) in [5.74, 6) is -0.109. The largest absolute Gasteiger partial charge is 0.313 e. The number of H-pyrrole nitrogens is 1. The fraction of sp³-hybridized carbons (Fsp3) is 0.300. The van der Waals surface area contributed by atoms with Crippen LogP contribution < -0.4 is 5.56 Å². The highest BCUT2D eigenvalue weighted by molar-refractivity contribution is 7.16. The number of nitrogens with one attached hydrogen (secondary N) is 1. The van der Waals surface area contributed by atoms with Gasteiger partial charge in [0.15, 0.2) is 0 Å². The molecule has 6 nitrogen and oxygen atoms in total. The fourth-order valence-corrected chi connectivity index (χ4v) is 4.55. The predicted octanol–water partition coefficient (Wildman–Crippen LogP) is 4.34. The Morgan fingerprint density at radius 1 is 1.43 bits per heavy atom. The molecular weight excluding hydrogens is 396 g/mol. The molecule has 1 aliphatic heterocycles. The van der Waals surface area contributed by atoms with E-state index < -0.39 is 0 Å².